The van der Waals surface area contributed by atoms with Crippen LogP contribution >= 0.6 is 0 Å². The van der Waals surface area contributed by atoms with Crippen molar-refractivity contribution in [2.75, 3.05) is 13.1 Å². The van der Waals surface area contributed by atoms with Gasteiger partial charge in [0.05, 0.1) is 5.92 Å². The summed E-state index contributed by atoms with van der Waals surface area (Å²) in [7, 11) is 0. The predicted octanol–water partition coefficient (Wildman–Crippen LogP) is 0.224. The fourth-order valence-corrected chi connectivity index (χ4v) is 2.00. The van der Waals surface area contributed by atoms with Gasteiger partial charge in [0.1, 0.15) is 0 Å². The molecule has 0 radical (unpaired) electrons. The van der Waals surface area contributed by atoms with Gasteiger partial charge in [0.25, 0.3) is 0 Å². The minimum atomic E-state index is -0.869. The molecule has 1 atom stereocenters. The van der Waals surface area contributed by atoms with E-state index in [1.807, 2.05) is 13.8 Å². The van der Waals surface area contributed by atoms with Crippen molar-refractivity contribution in [1.82, 2.24) is 10.2 Å². The minimum absolute atomic E-state index is 0.00989. The molecule has 6 nitrogen and oxygen atoms in total. The smallest absolute Gasteiger partial charge is 0.303 e. The van der Waals surface area contributed by atoms with Crippen LogP contribution in [-0.4, -0.2) is 46.9 Å². The normalized spacial score (nSPS) is 19.4. The van der Waals surface area contributed by atoms with Crippen LogP contribution in [0.25, 0.3) is 0 Å². The summed E-state index contributed by atoms with van der Waals surface area (Å²) in [5.74, 6) is -1.32. The molecule has 0 aromatic heterocycles. The molecule has 1 saturated heterocycles. The lowest BCUT2D eigenvalue weighted by atomic mass is 10.1. The molecule has 0 aromatic rings. The van der Waals surface area contributed by atoms with Crippen molar-refractivity contribution < 1.29 is 19.5 Å². The Morgan fingerprint density at radius 3 is 2.67 bits per heavy atom. The number of carbonyl (C=O) groups is 3. The molecular formula is C12H20N2O4. The Labute approximate surface area is 106 Å². The van der Waals surface area contributed by atoms with Crippen molar-refractivity contribution in [3.05, 3.63) is 0 Å². The molecule has 0 bridgehead atoms. The monoisotopic (exact) mass is 256 g/mol. The molecule has 0 aliphatic carbocycles. The van der Waals surface area contributed by atoms with E-state index >= 15 is 0 Å². The molecular weight excluding hydrogens is 236 g/mol. The Morgan fingerprint density at radius 1 is 1.50 bits per heavy atom. The van der Waals surface area contributed by atoms with Gasteiger partial charge in [-0.05, 0) is 20.3 Å². The summed E-state index contributed by atoms with van der Waals surface area (Å²) in [6.45, 7) is 4.65. The van der Waals surface area contributed by atoms with Crippen molar-refractivity contribution in [2.45, 2.75) is 39.2 Å². The van der Waals surface area contributed by atoms with Gasteiger partial charge in [-0.1, -0.05) is 0 Å². The Hall–Kier alpha value is -1.59. The Balaban J connectivity index is 2.31. The summed E-state index contributed by atoms with van der Waals surface area (Å²) in [4.78, 5) is 35.4. The van der Waals surface area contributed by atoms with E-state index < -0.39 is 5.97 Å². The number of hydrogen-bond acceptors (Lipinski definition) is 3. The number of carboxylic acids is 1. The van der Waals surface area contributed by atoms with Gasteiger partial charge in [-0.3, -0.25) is 14.4 Å². The van der Waals surface area contributed by atoms with E-state index in [9.17, 15) is 14.4 Å². The second-order valence-electron chi connectivity index (χ2n) is 4.83. The molecule has 1 fully saturated rings. The average Bonchev–Trinajstić information content (AvgIpc) is 2.66. The number of hydrogen-bond donors (Lipinski definition) is 2. The molecule has 18 heavy (non-hydrogen) atoms. The zero-order valence-electron chi connectivity index (χ0n) is 10.8. The maximum atomic E-state index is 11.8. The SMILES string of the molecule is CC(C)N1CC(C(=O)NCCCC(=O)O)CC1=O. The number of nitrogens with one attached hydrogen (secondary N) is 1. The first kappa shape index (κ1) is 14.5. The lowest BCUT2D eigenvalue weighted by Crippen LogP contribution is -2.35. The van der Waals surface area contributed by atoms with Crippen molar-refractivity contribution >= 4 is 17.8 Å². The van der Waals surface area contributed by atoms with Gasteiger partial charge in [-0.25, -0.2) is 0 Å². The highest BCUT2D eigenvalue weighted by Gasteiger charge is 2.35. The van der Waals surface area contributed by atoms with Crippen LogP contribution in [0.3, 0.4) is 0 Å². The third-order valence-corrected chi connectivity index (χ3v) is 3.02. The topological polar surface area (TPSA) is 86.7 Å². The van der Waals surface area contributed by atoms with Gasteiger partial charge in [0.2, 0.25) is 11.8 Å². The van der Waals surface area contributed by atoms with Crippen LogP contribution in [-0.2, 0) is 14.4 Å². The minimum Gasteiger partial charge on any atom is -0.481 e. The van der Waals surface area contributed by atoms with Crippen LogP contribution in [0, 0.1) is 5.92 Å². The van der Waals surface area contributed by atoms with Crippen molar-refractivity contribution in [1.29, 1.82) is 0 Å². The first-order valence-corrected chi connectivity index (χ1v) is 6.20. The largest absolute Gasteiger partial charge is 0.481 e. The number of carboxylic acid groups (broad SMARTS) is 1. The van der Waals surface area contributed by atoms with Crippen LogP contribution in [0.4, 0.5) is 0 Å². The van der Waals surface area contributed by atoms with E-state index in [-0.39, 0.29) is 36.6 Å². The lowest BCUT2D eigenvalue weighted by Gasteiger charge is -2.20. The quantitative estimate of drug-likeness (QED) is 0.666. The molecule has 1 unspecified atom stereocenters. The number of nitrogens with zero attached hydrogens (tertiary/aromatic N) is 1. The van der Waals surface area contributed by atoms with E-state index in [1.165, 1.54) is 0 Å². The number of amides is 2. The number of carbonyl (C=O) groups excluding carboxylic acids is 2. The Kier molecular flexibility index (Phi) is 5.12. The zero-order chi connectivity index (χ0) is 13.7. The van der Waals surface area contributed by atoms with E-state index in [1.54, 1.807) is 4.90 Å². The molecule has 2 amide bonds. The van der Waals surface area contributed by atoms with Crippen molar-refractivity contribution in [2.24, 2.45) is 5.92 Å². The summed E-state index contributed by atoms with van der Waals surface area (Å²) in [6, 6.07) is 0.113. The highest BCUT2D eigenvalue weighted by atomic mass is 16.4. The molecule has 2 N–H and O–H groups in total. The number of likely N-dealkylation sites (tertiary alicyclic amines) is 1. The first-order valence-electron chi connectivity index (χ1n) is 6.20. The van der Waals surface area contributed by atoms with Gasteiger partial charge in [0.15, 0.2) is 0 Å². The molecule has 0 saturated carbocycles. The molecule has 0 aromatic carbocycles. The molecule has 0 spiro atoms. The Bertz CT molecular complexity index is 341. The number of rotatable bonds is 6. The molecule has 6 heteroatoms. The fourth-order valence-electron chi connectivity index (χ4n) is 2.00. The molecule has 1 rings (SSSR count). The van der Waals surface area contributed by atoms with Crippen LogP contribution < -0.4 is 5.32 Å². The lowest BCUT2D eigenvalue weighted by molar-refractivity contribution is -0.137. The molecule has 1 heterocycles. The van der Waals surface area contributed by atoms with Gasteiger partial charge in [-0.15, -0.1) is 0 Å². The summed E-state index contributed by atoms with van der Waals surface area (Å²) in [5, 5.41) is 11.1. The highest BCUT2D eigenvalue weighted by Crippen LogP contribution is 2.20. The van der Waals surface area contributed by atoms with Crippen LogP contribution in [0.5, 0.6) is 0 Å². The molecule has 1 aliphatic heterocycles. The van der Waals surface area contributed by atoms with E-state index in [0.29, 0.717) is 19.5 Å². The highest BCUT2D eigenvalue weighted by molar-refractivity contribution is 5.89. The summed E-state index contributed by atoms with van der Waals surface area (Å²) < 4.78 is 0. The van der Waals surface area contributed by atoms with Crippen molar-refractivity contribution in [3.63, 3.8) is 0 Å². The number of aliphatic carboxylic acids is 1. The third-order valence-electron chi connectivity index (χ3n) is 3.02. The summed E-state index contributed by atoms with van der Waals surface area (Å²) in [6.07, 6.45) is 0.709. The van der Waals surface area contributed by atoms with Gasteiger partial charge < -0.3 is 15.3 Å². The second-order valence-corrected chi connectivity index (χ2v) is 4.83. The molecule has 1 aliphatic rings. The van der Waals surface area contributed by atoms with E-state index in [4.69, 9.17) is 5.11 Å². The second kappa shape index (κ2) is 6.37. The van der Waals surface area contributed by atoms with E-state index in [2.05, 4.69) is 5.32 Å². The summed E-state index contributed by atoms with van der Waals surface area (Å²) in [5.41, 5.74) is 0. The third kappa shape index (κ3) is 4.01. The van der Waals surface area contributed by atoms with Gasteiger partial charge in [0, 0.05) is 32.0 Å². The molecule has 102 valence electrons. The van der Waals surface area contributed by atoms with E-state index in [0.717, 1.165) is 0 Å². The van der Waals surface area contributed by atoms with Crippen molar-refractivity contribution in [3.8, 4) is 0 Å². The van der Waals surface area contributed by atoms with Crippen LogP contribution in [0.1, 0.15) is 33.1 Å². The predicted molar refractivity (Wildman–Crippen MR) is 64.8 cm³/mol. The first-order chi connectivity index (χ1) is 8.41. The Morgan fingerprint density at radius 2 is 2.17 bits per heavy atom. The zero-order valence-corrected chi connectivity index (χ0v) is 10.8. The maximum absolute atomic E-state index is 11.8. The van der Waals surface area contributed by atoms with Crippen LogP contribution in [0.15, 0.2) is 0 Å². The summed E-state index contributed by atoms with van der Waals surface area (Å²) >= 11 is 0. The van der Waals surface area contributed by atoms with Gasteiger partial charge >= 0.3 is 5.97 Å². The standard InChI is InChI=1S/C12H20N2O4/c1-8(2)14-7-9(6-10(14)15)12(18)13-5-3-4-11(16)17/h8-9H,3-7H2,1-2H3,(H,13,18)(H,16,17). The van der Waals surface area contributed by atoms with Crippen LogP contribution in [0.2, 0.25) is 0 Å². The van der Waals surface area contributed by atoms with Gasteiger partial charge in [-0.2, -0.15) is 0 Å². The maximum Gasteiger partial charge on any atom is 0.303 e. The fraction of sp³-hybridized carbons (Fsp3) is 0.750. The average molecular weight is 256 g/mol.